The molecule has 0 saturated carbocycles. The van der Waals surface area contributed by atoms with Crippen molar-refractivity contribution in [3.8, 4) is 44.5 Å². The van der Waals surface area contributed by atoms with Gasteiger partial charge in [0, 0.05) is 39.3 Å². The van der Waals surface area contributed by atoms with Crippen molar-refractivity contribution < 1.29 is 0 Å². The molecule has 2 aliphatic heterocycles. The molecular formula is C62H59BN2. The summed E-state index contributed by atoms with van der Waals surface area (Å²) < 4.78 is 0. The Bertz CT molecular complexity index is 3210. The SMILES string of the molecule is Cc1cc(C)c(-c2cc3c4c(c2)N(c2ccc(C(C)(C)C)cc2-c2ccccc2)c2cc5c(cc2B4N(c2ccc(C(C)(C)C)cc2)c2ccccc2-3)-c2ccccc2C5(C)C)c(C)c1. The van der Waals surface area contributed by atoms with Crippen LogP contribution in [0, 0.1) is 20.8 Å². The molecule has 0 fully saturated rings. The minimum absolute atomic E-state index is 0.0318. The van der Waals surface area contributed by atoms with Crippen LogP contribution in [0.25, 0.3) is 44.5 Å². The lowest BCUT2D eigenvalue weighted by atomic mass is 9.43. The first-order chi connectivity index (χ1) is 31.0. The quantitative estimate of drug-likeness (QED) is 0.163. The highest BCUT2D eigenvalue weighted by atomic mass is 15.2. The smallest absolute Gasteiger partial charge is 0.333 e. The average molecular weight is 843 g/mol. The summed E-state index contributed by atoms with van der Waals surface area (Å²) >= 11 is 0. The first-order valence-corrected chi connectivity index (χ1v) is 23.5. The number of hydrogen-bond donors (Lipinski definition) is 0. The van der Waals surface area contributed by atoms with E-state index in [1.165, 1.54) is 123 Å². The third-order valence-corrected chi connectivity index (χ3v) is 14.8. The van der Waals surface area contributed by atoms with Gasteiger partial charge in [-0.05, 0) is 158 Å². The van der Waals surface area contributed by atoms with Gasteiger partial charge >= 0.3 is 6.85 Å². The van der Waals surface area contributed by atoms with Gasteiger partial charge in [0.15, 0.2) is 0 Å². The molecule has 8 aromatic carbocycles. The van der Waals surface area contributed by atoms with Gasteiger partial charge in [-0.15, -0.1) is 0 Å². The second-order valence-corrected chi connectivity index (χ2v) is 21.6. The van der Waals surface area contributed by atoms with Crippen LogP contribution in [0.4, 0.5) is 28.4 Å². The molecule has 320 valence electrons. The van der Waals surface area contributed by atoms with E-state index < -0.39 is 0 Å². The molecule has 0 aromatic heterocycles. The molecule has 0 atom stereocenters. The van der Waals surface area contributed by atoms with Gasteiger partial charge in [-0.1, -0.05) is 170 Å². The number of rotatable bonds is 4. The van der Waals surface area contributed by atoms with Crippen molar-refractivity contribution in [2.24, 2.45) is 0 Å². The van der Waals surface area contributed by atoms with Gasteiger partial charge in [0.2, 0.25) is 0 Å². The highest BCUT2D eigenvalue weighted by Gasteiger charge is 2.48. The monoisotopic (exact) mass is 842 g/mol. The summed E-state index contributed by atoms with van der Waals surface area (Å²) in [5.41, 5.74) is 28.1. The molecule has 3 aliphatic rings. The lowest BCUT2D eigenvalue weighted by Gasteiger charge is -2.47. The van der Waals surface area contributed by atoms with Crippen LogP contribution in [0.3, 0.4) is 0 Å². The molecule has 0 saturated heterocycles. The summed E-state index contributed by atoms with van der Waals surface area (Å²) in [5, 5.41) is 0. The predicted octanol–water partition coefficient (Wildman–Crippen LogP) is 15.6. The van der Waals surface area contributed by atoms with Gasteiger partial charge in [-0.3, -0.25) is 0 Å². The number of fused-ring (bicyclic) bond motifs is 7. The Kier molecular flexibility index (Phi) is 9.16. The number of hydrogen-bond acceptors (Lipinski definition) is 2. The highest BCUT2D eigenvalue weighted by molar-refractivity contribution is 6.93. The summed E-state index contributed by atoms with van der Waals surface area (Å²) in [7, 11) is 0. The Hall–Kier alpha value is -6.58. The zero-order valence-corrected chi connectivity index (χ0v) is 40.0. The Morgan fingerprint density at radius 3 is 1.77 bits per heavy atom. The van der Waals surface area contributed by atoms with Crippen molar-refractivity contribution in [1.82, 2.24) is 0 Å². The second kappa shape index (κ2) is 14.5. The zero-order chi connectivity index (χ0) is 45.3. The maximum absolute atomic E-state index is 2.66. The van der Waals surface area contributed by atoms with E-state index in [9.17, 15) is 0 Å². The summed E-state index contributed by atoms with van der Waals surface area (Å²) in [6.07, 6.45) is 0. The molecule has 2 nitrogen and oxygen atoms in total. The van der Waals surface area contributed by atoms with E-state index in [1.54, 1.807) is 0 Å². The lowest BCUT2D eigenvalue weighted by Crippen LogP contribution is -2.61. The molecule has 2 heterocycles. The first-order valence-electron chi connectivity index (χ1n) is 23.5. The van der Waals surface area contributed by atoms with E-state index in [0.717, 1.165) is 0 Å². The van der Waals surface area contributed by atoms with E-state index in [4.69, 9.17) is 0 Å². The van der Waals surface area contributed by atoms with Crippen LogP contribution in [-0.2, 0) is 16.2 Å². The summed E-state index contributed by atoms with van der Waals surface area (Å²) in [4.78, 5) is 5.32. The van der Waals surface area contributed by atoms with Crippen molar-refractivity contribution in [2.75, 3.05) is 9.71 Å². The summed E-state index contributed by atoms with van der Waals surface area (Å²) in [6, 6.07) is 60.9. The van der Waals surface area contributed by atoms with Crippen LogP contribution in [0.15, 0.2) is 158 Å². The standard InChI is InChI=1S/C62H59BN2/c1-38-31-39(2)58(40(3)32-38)42-33-50-47-22-16-18-24-55(47)65(45-28-25-43(26-29-45)60(4,5)6)63-53-36-49-46-21-15-17-23-51(46)62(10,11)52(49)37-56(53)64(57(34-42)59(50)63)54-30-27-44(61(7,8)9)35-48(54)41-19-13-12-14-20-41/h12-37H,1-11H3. The second-order valence-electron chi connectivity index (χ2n) is 21.6. The Morgan fingerprint density at radius 2 is 1.08 bits per heavy atom. The van der Waals surface area contributed by atoms with Crippen molar-refractivity contribution in [1.29, 1.82) is 0 Å². The normalized spacial score (nSPS) is 14.4. The van der Waals surface area contributed by atoms with E-state index in [1.807, 2.05) is 0 Å². The Balaban J connectivity index is 1.30. The summed E-state index contributed by atoms with van der Waals surface area (Å²) in [5.74, 6) is 0. The Labute approximate surface area is 387 Å². The fourth-order valence-corrected chi connectivity index (χ4v) is 11.6. The lowest BCUT2D eigenvalue weighted by molar-refractivity contribution is 0.590. The molecule has 1 aliphatic carbocycles. The van der Waals surface area contributed by atoms with Gasteiger partial charge in [-0.2, -0.15) is 0 Å². The maximum Gasteiger partial charge on any atom is 0.333 e. The van der Waals surface area contributed by atoms with Crippen LogP contribution in [0.5, 0.6) is 0 Å². The Morgan fingerprint density at radius 1 is 0.446 bits per heavy atom. The van der Waals surface area contributed by atoms with Crippen LogP contribution < -0.4 is 20.6 Å². The first kappa shape index (κ1) is 41.2. The van der Waals surface area contributed by atoms with Crippen molar-refractivity contribution >= 4 is 46.2 Å². The number of anilines is 5. The van der Waals surface area contributed by atoms with Crippen LogP contribution in [0.2, 0.25) is 0 Å². The topological polar surface area (TPSA) is 6.48 Å². The molecule has 0 amide bonds. The van der Waals surface area contributed by atoms with Gasteiger partial charge in [0.25, 0.3) is 0 Å². The number of nitrogens with zero attached hydrogens (tertiary/aromatic N) is 2. The van der Waals surface area contributed by atoms with E-state index in [0.29, 0.717) is 0 Å². The van der Waals surface area contributed by atoms with Gasteiger partial charge in [0.1, 0.15) is 0 Å². The number of aryl methyl sites for hydroxylation is 3. The zero-order valence-electron chi connectivity index (χ0n) is 40.0. The largest absolute Gasteiger partial charge is 0.376 e. The molecule has 65 heavy (non-hydrogen) atoms. The number of benzene rings is 8. The molecule has 8 aromatic rings. The summed E-state index contributed by atoms with van der Waals surface area (Å²) in [6.45, 7) is 25.4. The minimum atomic E-state index is -0.184. The molecule has 0 spiro atoms. The van der Waals surface area contributed by atoms with Crippen LogP contribution in [-0.4, -0.2) is 6.85 Å². The average Bonchev–Trinajstić information content (AvgIpc) is 3.50. The van der Waals surface area contributed by atoms with E-state index in [2.05, 4.69) is 244 Å². The van der Waals surface area contributed by atoms with Crippen molar-refractivity contribution in [3.05, 3.63) is 197 Å². The molecule has 0 bridgehead atoms. The van der Waals surface area contributed by atoms with Crippen LogP contribution >= 0.6 is 0 Å². The molecule has 0 unspecified atom stereocenters. The molecular weight excluding hydrogens is 784 g/mol. The fourth-order valence-electron chi connectivity index (χ4n) is 11.6. The highest BCUT2D eigenvalue weighted by Crippen LogP contribution is 2.54. The van der Waals surface area contributed by atoms with Gasteiger partial charge in [0.05, 0.1) is 5.69 Å². The van der Waals surface area contributed by atoms with E-state index >= 15 is 0 Å². The molecule has 11 rings (SSSR count). The van der Waals surface area contributed by atoms with Crippen molar-refractivity contribution in [2.45, 2.75) is 92.4 Å². The van der Waals surface area contributed by atoms with Crippen LogP contribution in [0.1, 0.15) is 94.3 Å². The third-order valence-electron chi connectivity index (χ3n) is 14.8. The fraction of sp³-hybridized carbons (Fsp3) is 0.226. The van der Waals surface area contributed by atoms with Gasteiger partial charge < -0.3 is 9.71 Å². The molecule has 0 N–H and O–H groups in total. The van der Waals surface area contributed by atoms with E-state index in [-0.39, 0.29) is 23.1 Å². The maximum atomic E-state index is 2.66. The molecule has 3 heteroatoms. The number of para-hydroxylation sites is 1. The predicted molar refractivity (Wildman–Crippen MR) is 280 cm³/mol. The third kappa shape index (κ3) is 6.37. The minimum Gasteiger partial charge on any atom is -0.376 e. The van der Waals surface area contributed by atoms with Crippen molar-refractivity contribution in [3.63, 3.8) is 0 Å². The molecule has 0 radical (unpaired) electrons. The van der Waals surface area contributed by atoms with Gasteiger partial charge in [-0.25, -0.2) is 0 Å².